The molecule has 2 aromatic heterocycles. The third kappa shape index (κ3) is 2.92. The molecule has 3 rings (SSSR count). The van der Waals surface area contributed by atoms with Gasteiger partial charge in [-0.15, -0.1) is 0 Å². The van der Waals surface area contributed by atoms with E-state index >= 15 is 0 Å². The zero-order valence-electron chi connectivity index (χ0n) is 13.2. The molecule has 1 N–H and O–H groups in total. The highest BCUT2D eigenvalue weighted by atomic mass is 16.5. The molecule has 0 aliphatic carbocycles. The first kappa shape index (κ1) is 14.8. The topological polar surface area (TPSA) is 69.3 Å². The average Bonchev–Trinajstić information content (AvgIpc) is 3.05. The normalized spacial score (nSPS) is 17.3. The molecule has 2 aromatic rings. The van der Waals surface area contributed by atoms with Crippen LogP contribution < -0.4 is 5.32 Å². The van der Waals surface area contributed by atoms with Crippen LogP contribution in [0.2, 0.25) is 0 Å². The highest BCUT2D eigenvalue weighted by molar-refractivity contribution is 5.90. The van der Waals surface area contributed by atoms with Gasteiger partial charge in [-0.25, -0.2) is 9.78 Å². The summed E-state index contributed by atoms with van der Waals surface area (Å²) >= 11 is 0. The Morgan fingerprint density at radius 1 is 1.55 bits per heavy atom. The minimum atomic E-state index is -0.358. The Morgan fingerprint density at radius 2 is 2.36 bits per heavy atom. The van der Waals surface area contributed by atoms with Crippen molar-refractivity contribution >= 4 is 5.97 Å². The molecule has 22 heavy (non-hydrogen) atoms. The lowest BCUT2D eigenvalue weighted by Gasteiger charge is -2.24. The first-order valence-electron chi connectivity index (χ1n) is 7.50. The van der Waals surface area contributed by atoms with Crippen molar-refractivity contribution in [3.63, 3.8) is 0 Å². The van der Waals surface area contributed by atoms with Gasteiger partial charge in [0.05, 0.1) is 19.3 Å². The summed E-state index contributed by atoms with van der Waals surface area (Å²) in [7, 11) is 1.37. The number of nitrogens with one attached hydrogen (secondary N) is 1. The van der Waals surface area contributed by atoms with E-state index in [1.165, 1.54) is 7.11 Å². The van der Waals surface area contributed by atoms with Crippen molar-refractivity contribution in [2.75, 3.05) is 7.11 Å². The van der Waals surface area contributed by atoms with Crippen LogP contribution in [0, 0.1) is 13.8 Å². The number of esters is 1. The molecule has 0 saturated carbocycles. The second kappa shape index (κ2) is 5.96. The van der Waals surface area contributed by atoms with Gasteiger partial charge in [-0.2, -0.15) is 0 Å². The molecule has 1 unspecified atom stereocenters. The number of methoxy groups -OCH3 is 1. The van der Waals surface area contributed by atoms with Crippen molar-refractivity contribution in [3.05, 3.63) is 40.9 Å². The van der Waals surface area contributed by atoms with E-state index in [1.54, 1.807) is 13.0 Å². The molecule has 118 valence electrons. The van der Waals surface area contributed by atoms with E-state index in [0.717, 1.165) is 36.7 Å². The molecule has 0 saturated heterocycles. The van der Waals surface area contributed by atoms with E-state index in [-0.39, 0.29) is 5.97 Å². The Balaban J connectivity index is 1.61. The van der Waals surface area contributed by atoms with E-state index in [0.29, 0.717) is 23.9 Å². The van der Waals surface area contributed by atoms with Gasteiger partial charge >= 0.3 is 5.97 Å². The van der Waals surface area contributed by atoms with Crippen LogP contribution in [0.1, 0.15) is 39.8 Å². The van der Waals surface area contributed by atoms with Crippen LogP contribution in [0.25, 0.3) is 0 Å². The minimum absolute atomic E-state index is 0.358. The number of hydrogen-bond acceptors (Lipinski definition) is 5. The molecule has 1 aliphatic rings. The monoisotopic (exact) mass is 303 g/mol. The number of nitrogens with zero attached hydrogens (tertiary/aromatic N) is 2. The maximum Gasteiger partial charge on any atom is 0.341 e. The molecule has 0 amide bonds. The van der Waals surface area contributed by atoms with Crippen molar-refractivity contribution in [2.45, 2.75) is 45.8 Å². The van der Waals surface area contributed by atoms with Crippen molar-refractivity contribution in [1.82, 2.24) is 14.9 Å². The van der Waals surface area contributed by atoms with Gasteiger partial charge in [0.1, 0.15) is 22.9 Å². The Kier molecular flexibility index (Phi) is 4.02. The lowest BCUT2D eigenvalue weighted by molar-refractivity contribution is 0.0599. The molecule has 1 atom stereocenters. The number of aryl methyl sites for hydroxylation is 3. The van der Waals surface area contributed by atoms with E-state index in [1.807, 2.05) is 6.92 Å². The Labute approximate surface area is 129 Å². The summed E-state index contributed by atoms with van der Waals surface area (Å²) in [6, 6.07) is 2.14. The molecule has 6 nitrogen and oxygen atoms in total. The van der Waals surface area contributed by atoms with E-state index in [4.69, 9.17) is 9.15 Å². The Bertz CT molecular complexity index is 687. The summed E-state index contributed by atoms with van der Waals surface area (Å²) in [5.74, 6) is 2.16. The number of furan rings is 1. The standard InChI is InChI=1S/C16H21N3O3/c1-10-8-19-9-12(4-5-15(19)18-10)17-7-13-6-14(11(2)22-13)16(20)21-3/h6,8,12,17H,4-5,7,9H2,1-3H3. The minimum Gasteiger partial charge on any atom is -0.465 e. The molecular formula is C16H21N3O3. The van der Waals surface area contributed by atoms with Crippen molar-refractivity contribution in [3.8, 4) is 0 Å². The van der Waals surface area contributed by atoms with Crippen LogP contribution in [0.5, 0.6) is 0 Å². The van der Waals surface area contributed by atoms with Gasteiger partial charge in [0.15, 0.2) is 0 Å². The lowest BCUT2D eigenvalue weighted by atomic mass is 10.1. The smallest absolute Gasteiger partial charge is 0.341 e. The summed E-state index contributed by atoms with van der Waals surface area (Å²) in [6.07, 6.45) is 4.13. The van der Waals surface area contributed by atoms with Crippen LogP contribution in [0.4, 0.5) is 0 Å². The summed E-state index contributed by atoms with van der Waals surface area (Å²) < 4.78 is 12.6. The van der Waals surface area contributed by atoms with Crippen molar-refractivity contribution < 1.29 is 13.9 Å². The maximum absolute atomic E-state index is 11.6. The van der Waals surface area contributed by atoms with Gasteiger partial charge in [0.2, 0.25) is 0 Å². The van der Waals surface area contributed by atoms with E-state index in [2.05, 4.69) is 21.1 Å². The molecule has 6 heteroatoms. The molecular weight excluding hydrogens is 282 g/mol. The molecule has 0 aromatic carbocycles. The van der Waals surface area contributed by atoms with E-state index < -0.39 is 0 Å². The highest BCUT2D eigenvalue weighted by Crippen LogP contribution is 2.18. The lowest BCUT2D eigenvalue weighted by Crippen LogP contribution is -2.36. The SMILES string of the molecule is COC(=O)c1cc(CNC2CCc3nc(C)cn3C2)oc1C. The second-order valence-corrected chi connectivity index (χ2v) is 5.74. The second-order valence-electron chi connectivity index (χ2n) is 5.74. The summed E-state index contributed by atoms with van der Waals surface area (Å²) in [5, 5.41) is 3.49. The van der Waals surface area contributed by atoms with Gasteiger partial charge in [-0.1, -0.05) is 0 Å². The molecule has 0 spiro atoms. The zero-order chi connectivity index (χ0) is 15.7. The van der Waals surface area contributed by atoms with Crippen LogP contribution in [-0.2, 0) is 24.2 Å². The fourth-order valence-corrected chi connectivity index (χ4v) is 2.94. The fraction of sp³-hybridized carbons (Fsp3) is 0.500. The predicted molar refractivity (Wildman–Crippen MR) is 80.7 cm³/mol. The largest absolute Gasteiger partial charge is 0.465 e. The Hall–Kier alpha value is -2.08. The molecule has 0 radical (unpaired) electrons. The van der Waals surface area contributed by atoms with Crippen LogP contribution in [-0.4, -0.2) is 28.7 Å². The van der Waals surface area contributed by atoms with Crippen molar-refractivity contribution in [2.24, 2.45) is 0 Å². The highest BCUT2D eigenvalue weighted by Gasteiger charge is 2.20. The van der Waals surface area contributed by atoms with E-state index in [9.17, 15) is 4.79 Å². The third-order valence-corrected chi connectivity index (χ3v) is 4.05. The summed E-state index contributed by atoms with van der Waals surface area (Å²) in [4.78, 5) is 16.1. The van der Waals surface area contributed by atoms with Gasteiger partial charge in [0, 0.05) is 25.2 Å². The molecule has 0 bridgehead atoms. The predicted octanol–water partition coefficient (Wildman–Crippen LogP) is 1.98. The number of carbonyl (C=O) groups excluding carboxylic acids is 1. The number of aromatic nitrogens is 2. The number of fused-ring (bicyclic) bond motifs is 1. The van der Waals surface area contributed by atoms with Crippen molar-refractivity contribution in [1.29, 1.82) is 0 Å². The molecule has 1 aliphatic heterocycles. The number of ether oxygens (including phenoxy) is 1. The quantitative estimate of drug-likeness (QED) is 0.875. The first-order chi connectivity index (χ1) is 10.6. The summed E-state index contributed by atoms with van der Waals surface area (Å²) in [6.45, 7) is 5.32. The zero-order valence-corrected chi connectivity index (χ0v) is 13.2. The Morgan fingerprint density at radius 3 is 3.14 bits per heavy atom. The number of hydrogen-bond donors (Lipinski definition) is 1. The number of imidazole rings is 1. The summed E-state index contributed by atoms with van der Waals surface area (Å²) in [5.41, 5.74) is 1.57. The van der Waals surface area contributed by atoms with Gasteiger partial charge < -0.3 is 19.0 Å². The average molecular weight is 303 g/mol. The number of carbonyl (C=O) groups is 1. The van der Waals surface area contributed by atoms with Gasteiger partial charge in [-0.3, -0.25) is 0 Å². The first-order valence-corrected chi connectivity index (χ1v) is 7.50. The van der Waals surface area contributed by atoms with Gasteiger partial charge in [-0.05, 0) is 26.3 Å². The molecule has 0 fully saturated rings. The van der Waals surface area contributed by atoms with Crippen LogP contribution in [0.15, 0.2) is 16.7 Å². The molecule has 3 heterocycles. The third-order valence-electron chi connectivity index (χ3n) is 4.05. The van der Waals surface area contributed by atoms with Crippen LogP contribution >= 0.6 is 0 Å². The number of rotatable bonds is 4. The van der Waals surface area contributed by atoms with Gasteiger partial charge in [0.25, 0.3) is 0 Å². The van der Waals surface area contributed by atoms with Crippen LogP contribution in [0.3, 0.4) is 0 Å². The fourth-order valence-electron chi connectivity index (χ4n) is 2.94. The maximum atomic E-state index is 11.6.